The topological polar surface area (TPSA) is 47.6 Å². The number of methoxy groups -OCH3 is 1. The molecule has 4 nitrogen and oxygen atoms in total. The number of hydrogen-bond donors (Lipinski definition) is 1. The summed E-state index contributed by atoms with van der Waals surface area (Å²) in [6, 6.07) is 5.61. The zero-order valence-electron chi connectivity index (χ0n) is 11.3. The molecule has 0 aromatic heterocycles. The molecule has 1 saturated heterocycles. The third-order valence-corrected chi connectivity index (χ3v) is 3.89. The van der Waals surface area contributed by atoms with Gasteiger partial charge in [-0.3, -0.25) is 4.79 Å². The van der Waals surface area contributed by atoms with Crippen LogP contribution >= 0.6 is 11.8 Å². The average Bonchev–Trinajstić information content (AvgIpc) is 2.97. The Bertz CT molecular complexity index is 444. The van der Waals surface area contributed by atoms with Gasteiger partial charge < -0.3 is 14.8 Å². The summed E-state index contributed by atoms with van der Waals surface area (Å²) in [5, 5.41) is 2.90. The molecule has 1 N–H and O–H groups in total. The van der Waals surface area contributed by atoms with Crippen LogP contribution in [0.15, 0.2) is 23.1 Å². The molecule has 0 radical (unpaired) electrons. The monoisotopic (exact) mass is 281 g/mol. The third-order valence-electron chi connectivity index (χ3n) is 3.17. The van der Waals surface area contributed by atoms with Gasteiger partial charge in [-0.05, 0) is 37.3 Å². The van der Waals surface area contributed by atoms with Crippen molar-refractivity contribution in [2.75, 3.05) is 26.5 Å². The van der Waals surface area contributed by atoms with Gasteiger partial charge in [-0.25, -0.2) is 0 Å². The van der Waals surface area contributed by atoms with Gasteiger partial charge in [0, 0.05) is 18.0 Å². The van der Waals surface area contributed by atoms with Crippen LogP contribution in [-0.4, -0.2) is 38.5 Å². The molecule has 1 aromatic carbocycles. The van der Waals surface area contributed by atoms with E-state index < -0.39 is 0 Å². The van der Waals surface area contributed by atoms with Crippen LogP contribution in [0.5, 0.6) is 5.75 Å². The van der Waals surface area contributed by atoms with E-state index >= 15 is 0 Å². The van der Waals surface area contributed by atoms with E-state index in [1.54, 1.807) is 24.9 Å². The first-order chi connectivity index (χ1) is 9.24. The minimum atomic E-state index is -0.111. The van der Waals surface area contributed by atoms with Gasteiger partial charge in [0.15, 0.2) is 0 Å². The molecule has 0 bridgehead atoms. The van der Waals surface area contributed by atoms with Gasteiger partial charge >= 0.3 is 0 Å². The number of rotatable bonds is 5. The molecule has 0 unspecified atom stereocenters. The molecule has 19 heavy (non-hydrogen) atoms. The predicted octanol–water partition coefficient (Wildman–Crippen LogP) is 2.33. The molecule has 0 spiro atoms. The molecule has 5 heteroatoms. The van der Waals surface area contributed by atoms with Crippen molar-refractivity contribution in [2.45, 2.75) is 23.8 Å². The lowest BCUT2D eigenvalue weighted by molar-refractivity contribution is 0.0855. The Kier molecular flexibility index (Phi) is 5.10. The zero-order valence-corrected chi connectivity index (χ0v) is 12.1. The number of hydrogen-bond acceptors (Lipinski definition) is 4. The van der Waals surface area contributed by atoms with E-state index in [0.717, 1.165) is 24.3 Å². The van der Waals surface area contributed by atoms with Crippen LogP contribution in [0.3, 0.4) is 0 Å². The number of benzene rings is 1. The van der Waals surface area contributed by atoms with E-state index in [2.05, 4.69) is 5.32 Å². The van der Waals surface area contributed by atoms with E-state index in [-0.39, 0.29) is 12.0 Å². The average molecular weight is 281 g/mol. The van der Waals surface area contributed by atoms with Crippen LogP contribution in [0.4, 0.5) is 0 Å². The molecule has 1 aliphatic rings. The van der Waals surface area contributed by atoms with E-state index in [9.17, 15) is 4.79 Å². The lowest BCUT2D eigenvalue weighted by atomic mass is 10.1. The first kappa shape index (κ1) is 14.2. The molecule has 1 aromatic rings. The van der Waals surface area contributed by atoms with Crippen molar-refractivity contribution in [3.05, 3.63) is 23.8 Å². The van der Waals surface area contributed by atoms with Gasteiger partial charge in [-0.2, -0.15) is 0 Å². The van der Waals surface area contributed by atoms with Gasteiger partial charge in [-0.1, -0.05) is 0 Å². The molecule has 1 aliphatic heterocycles. The highest BCUT2D eigenvalue weighted by Crippen LogP contribution is 2.25. The minimum absolute atomic E-state index is 0.111. The maximum atomic E-state index is 12.1. The molecular formula is C14H19NO3S. The molecule has 0 aliphatic carbocycles. The van der Waals surface area contributed by atoms with Crippen molar-refractivity contribution < 1.29 is 14.3 Å². The van der Waals surface area contributed by atoms with Crippen LogP contribution < -0.4 is 10.1 Å². The molecule has 1 heterocycles. The fourth-order valence-electron chi connectivity index (χ4n) is 2.09. The summed E-state index contributed by atoms with van der Waals surface area (Å²) in [6.07, 6.45) is 4.24. The third kappa shape index (κ3) is 3.64. The Morgan fingerprint density at radius 2 is 2.42 bits per heavy atom. The number of nitrogens with one attached hydrogen (secondary N) is 1. The van der Waals surface area contributed by atoms with Crippen LogP contribution in [0.2, 0.25) is 0 Å². The maximum absolute atomic E-state index is 12.1. The lowest BCUT2D eigenvalue weighted by Gasteiger charge is -2.13. The SMILES string of the molecule is COc1cc(SC)ccc1C(=O)NC[C@@H]1CCCO1. The first-order valence-corrected chi connectivity index (χ1v) is 7.59. The summed E-state index contributed by atoms with van der Waals surface area (Å²) >= 11 is 1.62. The van der Waals surface area contributed by atoms with Gasteiger partial charge in [0.05, 0.1) is 18.8 Å². The summed E-state index contributed by atoms with van der Waals surface area (Å²) in [5.74, 6) is 0.497. The van der Waals surface area contributed by atoms with E-state index in [1.165, 1.54) is 0 Å². The van der Waals surface area contributed by atoms with E-state index in [0.29, 0.717) is 17.9 Å². The summed E-state index contributed by atoms with van der Waals surface area (Å²) in [4.78, 5) is 13.2. The summed E-state index contributed by atoms with van der Waals surface area (Å²) < 4.78 is 10.8. The zero-order chi connectivity index (χ0) is 13.7. The van der Waals surface area contributed by atoms with E-state index in [4.69, 9.17) is 9.47 Å². The number of ether oxygens (including phenoxy) is 2. The largest absolute Gasteiger partial charge is 0.496 e. The van der Waals surface area contributed by atoms with Crippen molar-refractivity contribution in [2.24, 2.45) is 0 Å². The fourth-order valence-corrected chi connectivity index (χ4v) is 2.52. The number of amides is 1. The number of carbonyl (C=O) groups excluding carboxylic acids is 1. The summed E-state index contributed by atoms with van der Waals surface area (Å²) in [5.41, 5.74) is 0.568. The van der Waals surface area contributed by atoms with Gasteiger partial charge in [0.25, 0.3) is 5.91 Å². The molecule has 104 valence electrons. The quantitative estimate of drug-likeness (QED) is 0.842. The molecule has 1 fully saturated rings. The highest BCUT2D eigenvalue weighted by molar-refractivity contribution is 7.98. The molecule has 0 saturated carbocycles. The number of thioether (sulfide) groups is 1. The van der Waals surface area contributed by atoms with Crippen molar-refractivity contribution in [3.63, 3.8) is 0 Å². The second-order valence-electron chi connectivity index (χ2n) is 4.41. The molecule has 1 atom stereocenters. The van der Waals surface area contributed by atoms with E-state index in [1.807, 2.05) is 18.4 Å². The minimum Gasteiger partial charge on any atom is -0.496 e. The molecule has 1 amide bonds. The van der Waals surface area contributed by atoms with Crippen LogP contribution in [-0.2, 0) is 4.74 Å². The Morgan fingerprint density at radius 1 is 1.58 bits per heavy atom. The van der Waals surface area contributed by atoms with Crippen LogP contribution in [0.1, 0.15) is 23.2 Å². The second-order valence-corrected chi connectivity index (χ2v) is 5.29. The Labute approximate surface area is 117 Å². The van der Waals surface area contributed by atoms with Gasteiger partial charge in [0.1, 0.15) is 5.75 Å². The van der Waals surface area contributed by atoms with Gasteiger partial charge in [0.2, 0.25) is 0 Å². The highest BCUT2D eigenvalue weighted by atomic mass is 32.2. The lowest BCUT2D eigenvalue weighted by Crippen LogP contribution is -2.31. The summed E-state index contributed by atoms with van der Waals surface area (Å²) in [6.45, 7) is 1.36. The molecule has 2 rings (SSSR count). The Hall–Kier alpha value is -1.20. The van der Waals surface area contributed by atoms with Crippen LogP contribution in [0, 0.1) is 0 Å². The number of carbonyl (C=O) groups is 1. The Balaban J connectivity index is 2.01. The summed E-state index contributed by atoms with van der Waals surface area (Å²) in [7, 11) is 1.58. The highest BCUT2D eigenvalue weighted by Gasteiger charge is 2.18. The van der Waals surface area contributed by atoms with Crippen molar-refractivity contribution in [1.82, 2.24) is 5.32 Å². The van der Waals surface area contributed by atoms with Gasteiger partial charge in [-0.15, -0.1) is 11.8 Å². The Morgan fingerprint density at radius 3 is 3.05 bits per heavy atom. The smallest absolute Gasteiger partial charge is 0.255 e. The fraction of sp³-hybridized carbons (Fsp3) is 0.500. The van der Waals surface area contributed by atoms with Crippen molar-refractivity contribution in [3.8, 4) is 5.75 Å². The maximum Gasteiger partial charge on any atom is 0.255 e. The van der Waals surface area contributed by atoms with Crippen molar-refractivity contribution >= 4 is 17.7 Å². The van der Waals surface area contributed by atoms with Crippen molar-refractivity contribution in [1.29, 1.82) is 0 Å². The first-order valence-electron chi connectivity index (χ1n) is 6.36. The van der Waals surface area contributed by atoms with Crippen LogP contribution in [0.25, 0.3) is 0 Å². The molecular weight excluding hydrogens is 262 g/mol. The predicted molar refractivity (Wildman–Crippen MR) is 76.1 cm³/mol. The standard InChI is InChI=1S/C14H19NO3S/c1-17-13-8-11(19-2)5-6-12(13)14(16)15-9-10-4-3-7-18-10/h5-6,8,10H,3-4,7,9H2,1-2H3,(H,15,16)/t10-/m0/s1. The second kappa shape index (κ2) is 6.82. The normalized spacial score (nSPS) is 18.3.